The number of halogens is 1. The lowest BCUT2D eigenvalue weighted by Crippen LogP contribution is -2.36. The van der Waals surface area contributed by atoms with Gasteiger partial charge in [-0.2, -0.15) is 0 Å². The van der Waals surface area contributed by atoms with Crippen LogP contribution >= 0.6 is 11.6 Å². The molecule has 1 unspecified atom stereocenters. The fraction of sp³-hybridized carbons (Fsp3) is 0.583. The zero-order valence-electron chi connectivity index (χ0n) is 9.57. The minimum Gasteiger partial charge on any atom is -0.464 e. The summed E-state index contributed by atoms with van der Waals surface area (Å²) < 4.78 is 5.48. The van der Waals surface area contributed by atoms with Crippen LogP contribution in [-0.2, 0) is 11.3 Å². The fourth-order valence-electron chi connectivity index (χ4n) is 1.74. The highest BCUT2D eigenvalue weighted by atomic mass is 35.5. The highest BCUT2D eigenvalue weighted by Crippen LogP contribution is 2.29. The first-order valence-corrected chi connectivity index (χ1v) is 6.01. The van der Waals surface area contributed by atoms with Crippen LogP contribution in [0.25, 0.3) is 0 Å². The Bertz CT molecular complexity index is 382. The van der Waals surface area contributed by atoms with Gasteiger partial charge in [0.15, 0.2) is 0 Å². The second-order valence-electron chi connectivity index (χ2n) is 4.33. The summed E-state index contributed by atoms with van der Waals surface area (Å²) >= 11 is 5.84. The third-order valence-corrected chi connectivity index (χ3v) is 2.92. The third-order valence-electron chi connectivity index (χ3n) is 2.73. The van der Waals surface area contributed by atoms with Crippen molar-refractivity contribution in [2.24, 2.45) is 0 Å². The number of alkyl halides is 1. The minimum absolute atomic E-state index is 0.00165. The number of rotatable bonds is 4. The van der Waals surface area contributed by atoms with Crippen LogP contribution < -0.4 is 0 Å². The van der Waals surface area contributed by atoms with Gasteiger partial charge in [-0.05, 0) is 38.8 Å². The molecule has 1 aromatic heterocycles. The Morgan fingerprint density at radius 2 is 2.31 bits per heavy atom. The molecule has 3 nitrogen and oxygen atoms in total. The molecule has 1 saturated carbocycles. The van der Waals surface area contributed by atoms with Crippen LogP contribution in [-0.4, -0.2) is 22.2 Å². The van der Waals surface area contributed by atoms with Gasteiger partial charge in [0, 0.05) is 6.04 Å². The summed E-state index contributed by atoms with van der Waals surface area (Å²) in [6, 6.07) is 4.19. The Balaban J connectivity index is 2.06. The molecule has 1 aliphatic carbocycles. The molecule has 0 N–H and O–H groups in total. The first-order chi connectivity index (χ1) is 7.58. The van der Waals surface area contributed by atoms with Gasteiger partial charge in [0.1, 0.15) is 16.9 Å². The zero-order chi connectivity index (χ0) is 11.7. The van der Waals surface area contributed by atoms with Crippen LogP contribution in [0.4, 0.5) is 0 Å². The molecule has 1 amide bonds. The van der Waals surface area contributed by atoms with E-state index in [2.05, 4.69) is 0 Å². The van der Waals surface area contributed by atoms with E-state index in [0.29, 0.717) is 12.6 Å². The number of amides is 1. The SMILES string of the molecule is Cc1ccc(CN(C(=O)C(C)Cl)C2CC2)o1. The average molecular weight is 242 g/mol. The molecular weight excluding hydrogens is 226 g/mol. The smallest absolute Gasteiger partial charge is 0.240 e. The van der Waals surface area contributed by atoms with Crippen molar-refractivity contribution in [2.75, 3.05) is 0 Å². The van der Waals surface area contributed by atoms with Crippen LogP contribution in [0.2, 0.25) is 0 Å². The number of aryl methyl sites for hydroxylation is 1. The number of hydrogen-bond acceptors (Lipinski definition) is 2. The zero-order valence-corrected chi connectivity index (χ0v) is 10.3. The molecule has 1 aliphatic rings. The van der Waals surface area contributed by atoms with Gasteiger partial charge in [-0.1, -0.05) is 0 Å². The predicted octanol–water partition coefficient (Wildman–Crippen LogP) is 2.71. The Kier molecular flexibility index (Phi) is 3.24. The molecule has 0 saturated heterocycles. The van der Waals surface area contributed by atoms with E-state index in [-0.39, 0.29) is 5.91 Å². The molecule has 0 spiro atoms. The molecule has 0 bridgehead atoms. The molecule has 2 rings (SSSR count). The molecular formula is C12H16ClNO2. The summed E-state index contributed by atoms with van der Waals surface area (Å²) in [5.41, 5.74) is 0. The predicted molar refractivity (Wildman–Crippen MR) is 62.3 cm³/mol. The Morgan fingerprint density at radius 1 is 1.62 bits per heavy atom. The summed E-state index contributed by atoms with van der Waals surface area (Å²) in [4.78, 5) is 13.7. The molecule has 0 aliphatic heterocycles. The van der Waals surface area contributed by atoms with E-state index in [9.17, 15) is 4.79 Å². The van der Waals surface area contributed by atoms with Crippen molar-refractivity contribution < 1.29 is 9.21 Å². The van der Waals surface area contributed by atoms with Gasteiger partial charge in [0.2, 0.25) is 5.91 Å². The maximum Gasteiger partial charge on any atom is 0.240 e. The minimum atomic E-state index is -0.461. The lowest BCUT2D eigenvalue weighted by molar-refractivity contribution is -0.132. The lowest BCUT2D eigenvalue weighted by atomic mass is 10.3. The summed E-state index contributed by atoms with van der Waals surface area (Å²) in [7, 11) is 0. The number of furan rings is 1. The number of carbonyl (C=O) groups excluding carboxylic acids is 1. The van der Waals surface area contributed by atoms with Crippen molar-refractivity contribution in [1.82, 2.24) is 4.90 Å². The third kappa shape index (κ3) is 2.59. The standard InChI is InChI=1S/C12H16ClNO2/c1-8-3-6-11(16-8)7-14(10-4-5-10)12(15)9(2)13/h3,6,9-10H,4-5,7H2,1-2H3. The van der Waals surface area contributed by atoms with Gasteiger partial charge in [0.05, 0.1) is 6.54 Å². The molecule has 1 heterocycles. The van der Waals surface area contributed by atoms with Crippen molar-refractivity contribution in [2.45, 2.75) is 44.7 Å². The summed E-state index contributed by atoms with van der Waals surface area (Å²) in [6.07, 6.45) is 2.16. The summed E-state index contributed by atoms with van der Waals surface area (Å²) in [6.45, 7) is 4.15. The van der Waals surface area contributed by atoms with Crippen molar-refractivity contribution in [1.29, 1.82) is 0 Å². The maximum atomic E-state index is 11.9. The molecule has 0 radical (unpaired) electrons. The normalized spacial score (nSPS) is 17.2. The molecule has 4 heteroatoms. The van der Waals surface area contributed by atoms with Crippen LogP contribution in [0.1, 0.15) is 31.3 Å². The number of hydrogen-bond donors (Lipinski definition) is 0. The number of nitrogens with zero attached hydrogens (tertiary/aromatic N) is 1. The van der Waals surface area contributed by atoms with E-state index >= 15 is 0 Å². The molecule has 88 valence electrons. The molecule has 1 atom stereocenters. The van der Waals surface area contributed by atoms with Gasteiger partial charge >= 0.3 is 0 Å². The van der Waals surface area contributed by atoms with Crippen LogP contribution in [0, 0.1) is 6.92 Å². The van der Waals surface area contributed by atoms with Gasteiger partial charge in [0.25, 0.3) is 0 Å². The first-order valence-electron chi connectivity index (χ1n) is 5.58. The molecule has 16 heavy (non-hydrogen) atoms. The van der Waals surface area contributed by atoms with E-state index in [1.54, 1.807) is 6.92 Å². The maximum absolute atomic E-state index is 11.9. The van der Waals surface area contributed by atoms with E-state index in [4.69, 9.17) is 16.0 Å². The van der Waals surface area contributed by atoms with Gasteiger partial charge in [-0.15, -0.1) is 11.6 Å². The lowest BCUT2D eigenvalue weighted by Gasteiger charge is -2.22. The first kappa shape index (κ1) is 11.5. The van der Waals surface area contributed by atoms with Crippen LogP contribution in [0.15, 0.2) is 16.5 Å². The molecule has 1 aromatic rings. The van der Waals surface area contributed by atoms with Crippen molar-refractivity contribution in [3.63, 3.8) is 0 Å². The Morgan fingerprint density at radius 3 is 2.75 bits per heavy atom. The summed E-state index contributed by atoms with van der Waals surface area (Å²) in [5, 5.41) is -0.461. The van der Waals surface area contributed by atoms with Crippen molar-refractivity contribution in [3.05, 3.63) is 23.7 Å². The van der Waals surface area contributed by atoms with Crippen molar-refractivity contribution >= 4 is 17.5 Å². The Labute approximate surface area is 100 Å². The van der Waals surface area contributed by atoms with E-state index in [0.717, 1.165) is 24.4 Å². The van der Waals surface area contributed by atoms with Gasteiger partial charge < -0.3 is 9.32 Å². The molecule has 0 aromatic carbocycles. The highest BCUT2D eigenvalue weighted by molar-refractivity contribution is 6.30. The summed E-state index contributed by atoms with van der Waals surface area (Å²) in [5.74, 6) is 1.70. The van der Waals surface area contributed by atoms with Gasteiger partial charge in [-0.3, -0.25) is 4.79 Å². The van der Waals surface area contributed by atoms with Crippen LogP contribution in [0.3, 0.4) is 0 Å². The van der Waals surface area contributed by atoms with E-state index in [1.807, 2.05) is 24.0 Å². The van der Waals surface area contributed by atoms with E-state index in [1.165, 1.54) is 0 Å². The monoisotopic (exact) mass is 241 g/mol. The van der Waals surface area contributed by atoms with Gasteiger partial charge in [-0.25, -0.2) is 0 Å². The fourth-order valence-corrected chi connectivity index (χ4v) is 1.87. The average Bonchev–Trinajstić information content (AvgIpc) is 2.98. The molecule has 1 fully saturated rings. The highest BCUT2D eigenvalue weighted by Gasteiger charge is 2.34. The topological polar surface area (TPSA) is 33.5 Å². The second-order valence-corrected chi connectivity index (χ2v) is 4.98. The quantitative estimate of drug-likeness (QED) is 0.760. The second kappa shape index (κ2) is 4.50. The number of carbonyl (C=O) groups is 1. The van der Waals surface area contributed by atoms with E-state index < -0.39 is 5.38 Å². The van der Waals surface area contributed by atoms with Crippen molar-refractivity contribution in [3.8, 4) is 0 Å². The Hall–Kier alpha value is -0.960. The van der Waals surface area contributed by atoms with Crippen LogP contribution in [0.5, 0.6) is 0 Å². The largest absolute Gasteiger partial charge is 0.464 e.